The second kappa shape index (κ2) is 13.6. The molecule has 0 radical (unpaired) electrons. The van der Waals surface area contributed by atoms with Crippen LogP contribution in [0.15, 0.2) is 48.5 Å². The number of aryl methyl sites for hydroxylation is 4. The molecule has 2 aromatic rings. The molecular weight excluding hydrogens is 324 g/mol. The van der Waals surface area contributed by atoms with Crippen LogP contribution < -0.4 is 0 Å². The van der Waals surface area contributed by atoms with Gasteiger partial charge in [-0.3, -0.25) is 0 Å². The van der Waals surface area contributed by atoms with Crippen LogP contribution in [0.3, 0.4) is 0 Å². The van der Waals surface area contributed by atoms with Crippen molar-refractivity contribution in [3.63, 3.8) is 0 Å². The van der Waals surface area contributed by atoms with Crippen LogP contribution in [-0.4, -0.2) is 0 Å². The second-order valence-electron chi connectivity index (χ2n) is 8.24. The van der Waals surface area contributed by atoms with Crippen LogP contribution in [0.1, 0.15) is 92.9 Å². The third-order valence-corrected chi connectivity index (χ3v) is 5.91. The van der Waals surface area contributed by atoms with Crippen LogP contribution in [0.5, 0.6) is 0 Å². The topological polar surface area (TPSA) is 0 Å². The monoisotopic (exact) mass is 364 g/mol. The van der Waals surface area contributed by atoms with E-state index in [1.807, 2.05) is 0 Å². The van der Waals surface area contributed by atoms with Crippen molar-refractivity contribution in [3.05, 3.63) is 70.8 Å². The van der Waals surface area contributed by atoms with Crippen molar-refractivity contribution in [3.8, 4) is 0 Å². The summed E-state index contributed by atoms with van der Waals surface area (Å²) in [5.41, 5.74) is 5.99. The van der Waals surface area contributed by atoms with Crippen molar-refractivity contribution in [2.75, 3.05) is 0 Å². The molecule has 0 N–H and O–H groups in total. The summed E-state index contributed by atoms with van der Waals surface area (Å²) < 4.78 is 0. The lowest BCUT2D eigenvalue weighted by molar-refractivity contribution is 0.545. The predicted molar refractivity (Wildman–Crippen MR) is 121 cm³/mol. The van der Waals surface area contributed by atoms with Crippen molar-refractivity contribution < 1.29 is 0 Å². The van der Waals surface area contributed by atoms with Gasteiger partial charge in [0.25, 0.3) is 0 Å². The number of unbranched alkanes of at least 4 members (excludes halogenated alkanes) is 10. The van der Waals surface area contributed by atoms with Crippen molar-refractivity contribution in [1.29, 1.82) is 0 Å². The van der Waals surface area contributed by atoms with E-state index in [0.29, 0.717) is 0 Å². The van der Waals surface area contributed by atoms with E-state index in [4.69, 9.17) is 0 Å². The van der Waals surface area contributed by atoms with Crippen LogP contribution in [0.4, 0.5) is 0 Å². The molecule has 148 valence electrons. The van der Waals surface area contributed by atoms with Gasteiger partial charge in [-0.1, -0.05) is 106 Å². The second-order valence-corrected chi connectivity index (χ2v) is 8.24. The minimum Gasteiger partial charge on any atom is -0.0620 e. The van der Waals surface area contributed by atoms with Crippen molar-refractivity contribution in [1.82, 2.24) is 0 Å². The minimum absolute atomic E-state index is 1.26. The molecule has 0 nitrogen and oxygen atoms in total. The molecule has 0 bridgehead atoms. The van der Waals surface area contributed by atoms with E-state index >= 15 is 0 Å². The summed E-state index contributed by atoms with van der Waals surface area (Å²) in [6.45, 7) is 4.47. The fourth-order valence-electron chi connectivity index (χ4n) is 4.00. The first-order chi connectivity index (χ1) is 13.3. The molecule has 0 aliphatic rings. The molecular formula is C27H40. The Balaban J connectivity index is 1.35. The zero-order chi connectivity index (χ0) is 19.2. The molecule has 0 fully saturated rings. The molecule has 0 spiro atoms. The van der Waals surface area contributed by atoms with Crippen LogP contribution in [0.2, 0.25) is 0 Å². The van der Waals surface area contributed by atoms with E-state index < -0.39 is 0 Å². The Labute approximate surface area is 168 Å². The van der Waals surface area contributed by atoms with E-state index in [9.17, 15) is 0 Å². The average Bonchev–Trinajstić information content (AvgIpc) is 2.68. The van der Waals surface area contributed by atoms with Crippen LogP contribution in [0, 0.1) is 13.8 Å². The summed E-state index contributed by atoms with van der Waals surface area (Å²) in [5.74, 6) is 0. The SMILES string of the molecule is Cc1ccccc1CCCCCCCCCCCCCc1ccccc1C. The fourth-order valence-corrected chi connectivity index (χ4v) is 4.00. The summed E-state index contributed by atoms with van der Waals surface area (Å²) in [6, 6.07) is 17.7. The molecule has 0 aliphatic carbocycles. The van der Waals surface area contributed by atoms with Gasteiger partial charge in [-0.15, -0.1) is 0 Å². The van der Waals surface area contributed by atoms with E-state index in [-0.39, 0.29) is 0 Å². The fraction of sp³-hybridized carbons (Fsp3) is 0.556. The Morgan fingerprint density at radius 1 is 0.407 bits per heavy atom. The van der Waals surface area contributed by atoms with E-state index in [2.05, 4.69) is 62.4 Å². The summed E-state index contributed by atoms with van der Waals surface area (Å²) >= 11 is 0. The molecule has 0 aromatic heterocycles. The molecule has 0 heteroatoms. The molecule has 0 heterocycles. The Bertz CT molecular complexity index is 570. The molecule has 0 amide bonds. The lowest BCUT2D eigenvalue weighted by atomic mass is 10.00. The van der Waals surface area contributed by atoms with Crippen molar-refractivity contribution >= 4 is 0 Å². The van der Waals surface area contributed by atoms with E-state index in [0.717, 1.165) is 0 Å². The highest BCUT2D eigenvalue weighted by Gasteiger charge is 1.99. The first kappa shape index (κ1) is 21.7. The zero-order valence-electron chi connectivity index (χ0n) is 17.8. The maximum Gasteiger partial charge on any atom is -0.0276 e. The molecule has 0 saturated heterocycles. The predicted octanol–water partition coefficient (Wildman–Crippen LogP) is 8.38. The lowest BCUT2D eigenvalue weighted by Gasteiger charge is -2.06. The number of hydrogen-bond donors (Lipinski definition) is 0. The Kier molecular flexibility index (Phi) is 10.9. The van der Waals surface area contributed by atoms with Crippen LogP contribution >= 0.6 is 0 Å². The summed E-state index contributed by atoms with van der Waals surface area (Å²) in [7, 11) is 0. The summed E-state index contributed by atoms with van der Waals surface area (Å²) in [6.07, 6.45) is 18.0. The largest absolute Gasteiger partial charge is 0.0620 e. The van der Waals surface area contributed by atoms with Gasteiger partial charge in [-0.25, -0.2) is 0 Å². The van der Waals surface area contributed by atoms with Gasteiger partial charge in [0.1, 0.15) is 0 Å². The summed E-state index contributed by atoms with van der Waals surface area (Å²) in [4.78, 5) is 0. The highest BCUT2D eigenvalue weighted by molar-refractivity contribution is 5.26. The van der Waals surface area contributed by atoms with Gasteiger partial charge in [-0.05, 0) is 61.8 Å². The quantitative estimate of drug-likeness (QED) is 0.295. The van der Waals surface area contributed by atoms with Gasteiger partial charge in [-0.2, -0.15) is 0 Å². The molecule has 0 aliphatic heterocycles. The van der Waals surface area contributed by atoms with E-state index in [1.54, 1.807) is 11.1 Å². The number of benzene rings is 2. The van der Waals surface area contributed by atoms with Gasteiger partial charge in [0.05, 0.1) is 0 Å². The number of rotatable bonds is 14. The van der Waals surface area contributed by atoms with Gasteiger partial charge in [0, 0.05) is 0 Å². The first-order valence-electron chi connectivity index (χ1n) is 11.4. The number of hydrogen-bond acceptors (Lipinski definition) is 0. The standard InChI is InChI=1S/C27H40/c1-24-18-14-16-22-26(24)20-12-10-8-6-4-3-5-7-9-11-13-21-27-23-17-15-19-25(27)2/h14-19,22-23H,3-13,20-21H2,1-2H3. The summed E-state index contributed by atoms with van der Waals surface area (Å²) in [5, 5.41) is 0. The molecule has 0 unspecified atom stereocenters. The normalized spacial score (nSPS) is 11.0. The maximum atomic E-state index is 2.29. The van der Waals surface area contributed by atoms with Crippen molar-refractivity contribution in [2.24, 2.45) is 0 Å². The molecule has 27 heavy (non-hydrogen) atoms. The highest BCUT2D eigenvalue weighted by Crippen LogP contribution is 2.16. The Morgan fingerprint density at radius 3 is 1.04 bits per heavy atom. The van der Waals surface area contributed by atoms with Gasteiger partial charge >= 0.3 is 0 Å². The highest BCUT2D eigenvalue weighted by atomic mass is 14.0. The Hall–Kier alpha value is -1.56. The molecule has 0 saturated carbocycles. The molecule has 2 rings (SSSR count). The minimum atomic E-state index is 1.26. The van der Waals surface area contributed by atoms with Crippen LogP contribution in [0.25, 0.3) is 0 Å². The first-order valence-corrected chi connectivity index (χ1v) is 11.4. The smallest absolute Gasteiger partial charge is 0.0276 e. The third kappa shape index (κ3) is 9.27. The lowest BCUT2D eigenvalue weighted by Crippen LogP contribution is -1.90. The third-order valence-electron chi connectivity index (χ3n) is 5.91. The van der Waals surface area contributed by atoms with Crippen LogP contribution in [-0.2, 0) is 12.8 Å². The van der Waals surface area contributed by atoms with Gasteiger partial charge < -0.3 is 0 Å². The molecule has 0 atom stereocenters. The maximum absolute atomic E-state index is 2.29. The average molecular weight is 365 g/mol. The zero-order valence-corrected chi connectivity index (χ0v) is 17.8. The van der Waals surface area contributed by atoms with Crippen molar-refractivity contribution in [2.45, 2.75) is 97.3 Å². The van der Waals surface area contributed by atoms with Gasteiger partial charge in [0.15, 0.2) is 0 Å². The van der Waals surface area contributed by atoms with Gasteiger partial charge in [0.2, 0.25) is 0 Å². The Morgan fingerprint density at radius 2 is 0.704 bits per heavy atom. The molecule has 2 aromatic carbocycles. The van der Waals surface area contributed by atoms with E-state index in [1.165, 1.54) is 94.6 Å².